The largest absolute Gasteiger partial charge is 0.472 e. The van der Waals surface area contributed by atoms with Crippen molar-refractivity contribution in [3.63, 3.8) is 0 Å². The fraction of sp³-hybridized carbons (Fsp3) is 0.500. The summed E-state index contributed by atoms with van der Waals surface area (Å²) in [5, 5.41) is 0. The third-order valence-corrected chi connectivity index (χ3v) is 7.97. The van der Waals surface area contributed by atoms with Gasteiger partial charge in [0.1, 0.15) is 11.0 Å². The highest BCUT2D eigenvalue weighted by molar-refractivity contribution is 7.89. The lowest BCUT2D eigenvalue weighted by molar-refractivity contribution is 0.150. The van der Waals surface area contributed by atoms with Crippen molar-refractivity contribution >= 4 is 10.0 Å². The minimum atomic E-state index is -4.29. The van der Waals surface area contributed by atoms with Crippen molar-refractivity contribution in [3.8, 4) is 5.88 Å². The molecule has 3 heterocycles. The second-order valence-corrected chi connectivity index (χ2v) is 10.1. The Bertz CT molecular complexity index is 1100. The van der Waals surface area contributed by atoms with Gasteiger partial charge in [0.2, 0.25) is 15.9 Å². The number of piperazine rings is 1. The Kier molecular flexibility index (Phi) is 5.14. The molecule has 0 unspecified atom stereocenters. The first kappa shape index (κ1) is 20.7. The van der Waals surface area contributed by atoms with Crippen LogP contribution in [0.3, 0.4) is 0 Å². The van der Waals surface area contributed by atoms with Gasteiger partial charge in [-0.15, -0.1) is 0 Å². The van der Waals surface area contributed by atoms with E-state index in [9.17, 15) is 21.6 Å². The van der Waals surface area contributed by atoms with Crippen molar-refractivity contribution in [1.82, 2.24) is 19.2 Å². The molecule has 11 heteroatoms. The van der Waals surface area contributed by atoms with E-state index in [1.54, 1.807) is 12.4 Å². The van der Waals surface area contributed by atoms with E-state index in [2.05, 4.69) is 14.9 Å². The van der Waals surface area contributed by atoms with Crippen molar-refractivity contribution in [1.29, 1.82) is 0 Å². The molecule has 1 aromatic heterocycles. The number of hydrogen-bond acceptors (Lipinski definition) is 6. The molecule has 1 aliphatic carbocycles. The molecule has 2 saturated heterocycles. The molecule has 2 atom stereocenters. The van der Waals surface area contributed by atoms with Crippen LogP contribution in [0.25, 0.3) is 0 Å². The van der Waals surface area contributed by atoms with Gasteiger partial charge in [-0.05, 0) is 25.0 Å². The maximum atomic E-state index is 14.1. The summed E-state index contributed by atoms with van der Waals surface area (Å²) in [7, 11) is -4.29. The summed E-state index contributed by atoms with van der Waals surface area (Å²) in [6.45, 7) is 1.29. The Morgan fingerprint density at radius 3 is 2.52 bits per heavy atom. The molecule has 0 spiro atoms. The third-order valence-electron chi connectivity index (χ3n) is 6.09. The summed E-state index contributed by atoms with van der Waals surface area (Å²) in [6, 6.07) is 1.26. The molecule has 1 saturated carbocycles. The zero-order valence-electron chi connectivity index (χ0n) is 16.5. The Balaban J connectivity index is 1.26. The van der Waals surface area contributed by atoms with Crippen LogP contribution in [0.5, 0.6) is 5.88 Å². The van der Waals surface area contributed by atoms with Gasteiger partial charge >= 0.3 is 0 Å². The molecule has 1 aromatic carbocycles. The summed E-state index contributed by atoms with van der Waals surface area (Å²) in [5.41, 5.74) is 0.974. The van der Waals surface area contributed by atoms with E-state index >= 15 is 0 Å². The predicted molar refractivity (Wildman–Crippen MR) is 103 cm³/mol. The average Bonchev–Trinajstić information content (AvgIpc) is 3.52. The molecular formula is C20H21F3N4O3S. The van der Waals surface area contributed by atoms with Gasteiger partial charge in [0.05, 0.1) is 18.1 Å². The maximum Gasteiger partial charge on any atom is 0.246 e. The van der Waals surface area contributed by atoms with Gasteiger partial charge in [0.25, 0.3) is 0 Å². The summed E-state index contributed by atoms with van der Waals surface area (Å²) in [5.74, 6) is -3.96. The molecule has 3 fully saturated rings. The van der Waals surface area contributed by atoms with Gasteiger partial charge < -0.3 is 4.74 Å². The number of ether oxygens (including phenoxy) is 1. The second kappa shape index (κ2) is 7.72. The summed E-state index contributed by atoms with van der Waals surface area (Å²) < 4.78 is 73.6. The topological polar surface area (TPSA) is 75.6 Å². The average molecular weight is 454 g/mol. The van der Waals surface area contributed by atoms with Gasteiger partial charge in [-0.3, -0.25) is 9.88 Å². The fourth-order valence-electron chi connectivity index (χ4n) is 4.27. The van der Waals surface area contributed by atoms with Crippen molar-refractivity contribution < 1.29 is 26.3 Å². The number of halogens is 3. The van der Waals surface area contributed by atoms with E-state index in [1.165, 1.54) is 0 Å². The van der Waals surface area contributed by atoms with Crippen LogP contribution >= 0.6 is 0 Å². The van der Waals surface area contributed by atoms with Gasteiger partial charge in [-0.25, -0.2) is 26.6 Å². The lowest BCUT2D eigenvalue weighted by Crippen LogP contribution is -2.52. The number of nitrogens with zero attached hydrogens (tertiary/aromatic N) is 4. The number of hydrogen-bond donors (Lipinski definition) is 0. The zero-order chi connectivity index (χ0) is 21.8. The lowest BCUT2D eigenvalue weighted by atomic mass is 10.2. The second-order valence-electron chi connectivity index (χ2n) is 8.21. The monoisotopic (exact) mass is 454 g/mol. The molecule has 2 aliphatic heterocycles. The molecule has 3 aliphatic rings. The number of aromatic nitrogens is 2. The third kappa shape index (κ3) is 3.90. The fourth-order valence-corrected chi connectivity index (χ4v) is 5.79. The Labute approximate surface area is 177 Å². The highest BCUT2D eigenvalue weighted by atomic mass is 32.2. The standard InChI is InChI=1S/C20H21F3N4O3S/c21-15-3-4-17(20(23)19(15)22)31(28,29)27-6-5-26-11-14(7-13(26)10-27)30-18-9-24-16(8-25-18)12-1-2-12/h3-4,8-9,12-14H,1-2,5-7,10-11H2/t13-,14+/m0/s1. The Morgan fingerprint density at radius 1 is 1.00 bits per heavy atom. The van der Waals surface area contributed by atoms with E-state index in [0.717, 1.165) is 28.9 Å². The lowest BCUT2D eigenvalue weighted by Gasteiger charge is -2.36. The number of fused-ring (bicyclic) bond motifs is 1. The molecule has 0 radical (unpaired) electrons. The quantitative estimate of drug-likeness (QED) is 0.646. The molecule has 0 N–H and O–H groups in total. The van der Waals surface area contributed by atoms with Gasteiger partial charge in [0, 0.05) is 44.6 Å². The van der Waals surface area contributed by atoms with E-state index in [4.69, 9.17) is 4.74 Å². The molecular weight excluding hydrogens is 433 g/mol. The van der Waals surface area contributed by atoms with E-state index in [0.29, 0.717) is 37.4 Å². The first-order valence-electron chi connectivity index (χ1n) is 10.2. The van der Waals surface area contributed by atoms with Crippen molar-refractivity contribution in [3.05, 3.63) is 47.7 Å². The van der Waals surface area contributed by atoms with Gasteiger partial charge in [-0.1, -0.05) is 0 Å². The molecule has 2 aromatic rings. The van der Waals surface area contributed by atoms with Crippen LogP contribution < -0.4 is 4.74 Å². The highest BCUT2D eigenvalue weighted by Crippen LogP contribution is 2.38. The number of benzene rings is 1. The molecule has 0 amide bonds. The minimum Gasteiger partial charge on any atom is -0.472 e. The molecule has 5 rings (SSSR count). The van der Waals surface area contributed by atoms with Crippen LogP contribution in [0.2, 0.25) is 0 Å². The first-order chi connectivity index (χ1) is 14.8. The van der Waals surface area contributed by atoms with Gasteiger partial charge in [0.15, 0.2) is 17.5 Å². The normalized spacial score (nSPS) is 24.9. The van der Waals surface area contributed by atoms with E-state index in [1.807, 2.05) is 0 Å². The summed E-state index contributed by atoms with van der Waals surface area (Å²) in [4.78, 5) is 9.98. The van der Waals surface area contributed by atoms with Crippen LogP contribution in [0, 0.1) is 17.5 Å². The maximum absolute atomic E-state index is 14.1. The SMILES string of the molecule is O=S(=O)(c1ccc(F)c(F)c1F)N1CCN2C[C@H](Oc3cnc(C4CC4)cn3)C[C@H]2C1. The Morgan fingerprint density at radius 2 is 1.81 bits per heavy atom. The highest BCUT2D eigenvalue weighted by Gasteiger charge is 2.42. The van der Waals surface area contributed by atoms with Crippen LogP contribution in [-0.4, -0.2) is 65.9 Å². The zero-order valence-corrected chi connectivity index (χ0v) is 17.4. The van der Waals surface area contributed by atoms with E-state index in [-0.39, 0.29) is 25.2 Å². The molecule has 7 nitrogen and oxygen atoms in total. The first-order valence-corrected chi connectivity index (χ1v) is 11.6. The van der Waals surface area contributed by atoms with Crippen LogP contribution in [0.15, 0.2) is 29.4 Å². The van der Waals surface area contributed by atoms with Crippen molar-refractivity contribution in [2.24, 2.45) is 0 Å². The molecule has 0 bridgehead atoms. The Hall–Kier alpha value is -2.24. The van der Waals surface area contributed by atoms with Crippen LogP contribution in [0.4, 0.5) is 13.2 Å². The van der Waals surface area contributed by atoms with Gasteiger partial charge in [-0.2, -0.15) is 4.31 Å². The summed E-state index contributed by atoms with van der Waals surface area (Å²) >= 11 is 0. The predicted octanol–water partition coefficient (Wildman–Crippen LogP) is 2.30. The van der Waals surface area contributed by atoms with E-state index < -0.39 is 32.4 Å². The number of sulfonamides is 1. The van der Waals surface area contributed by atoms with Crippen LogP contribution in [-0.2, 0) is 10.0 Å². The minimum absolute atomic E-state index is 0.118. The van der Waals surface area contributed by atoms with Crippen molar-refractivity contribution in [2.45, 2.75) is 42.2 Å². The summed E-state index contributed by atoms with van der Waals surface area (Å²) in [6.07, 6.45) is 6.03. The number of rotatable bonds is 5. The molecule has 166 valence electrons. The van der Waals surface area contributed by atoms with Crippen molar-refractivity contribution in [2.75, 3.05) is 26.2 Å². The smallest absolute Gasteiger partial charge is 0.246 e. The molecule has 31 heavy (non-hydrogen) atoms. The van der Waals surface area contributed by atoms with Crippen LogP contribution in [0.1, 0.15) is 30.9 Å².